The van der Waals surface area contributed by atoms with Crippen LogP contribution < -0.4 is 5.32 Å². The minimum absolute atomic E-state index is 0.00409. The van der Waals surface area contributed by atoms with Crippen molar-refractivity contribution in [3.8, 4) is 0 Å². The fourth-order valence-corrected chi connectivity index (χ4v) is 2.30. The van der Waals surface area contributed by atoms with Crippen LogP contribution in [0, 0.1) is 0 Å². The summed E-state index contributed by atoms with van der Waals surface area (Å²) >= 11 is 0. The molecule has 0 spiro atoms. The van der Waals surface area contributed by atoms with Gasteiger partial charge in [-0.1, -0.05) is 60.7 Å². The van der Waals surface area contributed by atoms with Crippen LogP contribution in [0.4, 0.5) is 0 Å². The Morgan fingerprint density at radius 2 is 1.64 bits per heavy atom. The third-order valence-corrected chi connectivity index (χ3v) is 3.63. The van der Waals surface area contributed by atoms with E-state index in [1.807, 2.05) is 61.5 Å². The van der Waals surface area contributed by atoms with Gasteiger partial charge in [-0.2, -0.15) is 0 Å². The number of hydrogen-bond donors (Lipinski definition) is 1. The molecule has 0 radical (unpaired) electrons. The first-order valence-electron chi connectivity index (χ1n) is 7.73. The van der Waals surface area contributed by atoms with E-state index in [0.29, 0.717) is 0 Å². The van der Waals surface area contributed by atoms with Crippen LogP contribution in [0.3, 0.4) is 0 Å². The Morgan fingerprint density at radius 1 is 1.05 bits per heavy atom. The first kappa shape index (κ1) is 16.0. The minimum atomic E-state index is 0.00409. The first-order chi connectivity index (χ1) is 10.6. The molecule has 0 heterocycles. The number of hydrogen-bond acceptors (Lipinski definition) is 1. The molecule has 2 rings (SSSR count). The van der Waals surface area contributed by atoms with Gasteiger partial charge in [0.25, 0.3) is 0 Å². The maximum absolute atomic E-state index is 12.2. The normalized spacial score (nSPS) is 12.7. The van der Waals surface area contributed by atoms with Crippen LogP contribution in [0.1, 0.15) is 31.4 Å². The van der Waals surface area contributed by atoms with Gasteiger partial charge in [0.1, 0.15) is 0 Å². The quantitative estimate of drug-likeness (QED) is 0.794. The highest BCUT2D eigenvalue weighted by molar-refractivity contribution is 5.97. The molecule has 2 nitrogen and oxygen atoms in total. The SMILES string of the molecule is C/C(=C\c1ccccc1)C(=O)N[C@@H](C)CCc1ccccc1. The first-order valence-corrected chi connectivity index (χ1v) is 7.73. The zero-order chi connectivity index (χ0) is 15.8. The number of rotatable bonds is 6. The van der Waals surface area contributed by atoms with Gasteiger partial charge in [0, 0.05) is 11.6 Å². The molecule has 0 aliphatic rings. The van der Waals surface area contributed by atoms with Crippen molar-refractivity contribution in [3.05, 3.63) is 77.4 Å². The van der Waals surface area contributed by atoms with Crippen molar-refractivity contribution in [2.24, 2.45) is 0 Å². The smallest absolute Gasteiger partial charge is 0.247 e. The molecule has 0 aliphatic carbocycles. The Morgan fingerprint density at radius 3 is 2.27 bits per heavy atom. The molecule has 0 fully saturated rings. The highest BCUT2D eigenvalue weighted by Crippen LogP contribution is 2.08. The van der Waals surface area contributed by atoms with Gasteiger partial charge in [0.15, 0.2) is 0 Å². The van der Waals surface area contributed by atoms with E-state index in [4.69, 9.17) is 0 Å². The third-order valence-electron chi connectivity index (χ3n) is 3.63. The number of carbonyl (C=O) groups is 1. The lowest BCUT2D eigenvalue weighted by Crippen LogP contribution is -2.33. The molecule has 0 aromatic heterocycles. The maximum atomic E-state index is 12.2. The van der Waals surface area contributed by atoms with Crippen LogP contribution in [0.5, 0.6) is 0 Å². The van der Waals surface area contributed by atoms with E-state index in [9.17, 15) is 4.79 Å². The molecule has 22 heavy (non-hydrogen) atoms. The summed E-state index contributed by atoms with van der Waals surface area (Å²) in [6.45, 7) is 3.91. The summed E-state index contributed by atoms with van der Waals surface area (Å²) in [5.41, 5.74) is 3.09. The Balaban J connectivity index is 1.84. The average molecular weight is 293 g/mol. The standard InChI is InChI=1S/C20H23NO/c1-16(15-19-11-7-4-8-12-19)20(22)21-17(2)13-14-18-9-5-3-6-10-18/h3-12,15,17H,13-14H2,1-2H3,(H,21,22)/b16-15+/t17-/m0/s1. The van der Waals surface area contributed by atoms with Gasteiger partial charge in [-0.15, -0.1) is 0 Å². The number of benzene rings is 2. The lowest BCUT2D eigenvalue weighted by atomic mass is 10.1. The predicted molar refractivity (Wildman–Crippen MR) is 92.5 cm³/mol. The van der Waals surface area contributed by atoms with E-state index in [0.717, 1.165) is 24.0 Å². The van der Waals surface area contributed by atoms with Gasteiger partial charge >= 0.3 is 0 Å². The van der Waals surface area contributed by atoms with E-state index in [1.54, 1.807) is 0 Å². The van der Waals surface area contributed by atoms with Crippen LogP contribution in [0.15, 0.2) is 66.2 Å². The summed E-state index contributed by atoms with van der Waals surface area (Å²) in [5, 5.41) is 3.06. The van der Waals surface area contributed by atoms with Gasteiger partial charge in [-0.25, -0.2) is 0 Å². The molecule has 0 saturated carbocycles. The average Bonchev–Trinajstić information content (AvgIpc) is 2.55. The monoisotopic (exact) mass is 293 g/mol. The molecular formula is C20H23NO. The second kappa shape index (κ2) is 8.18. The van der Waals surface area contributed by atoms with Crippen molar-refractivity contribution in [2.75, 3.05) is 0 Å². The Labute approximate surface area is 132 Å². The van der Waals surface area contributed by atoms with Crippen LogP contribution in [0.25, 0.3) is 6.08 Å². The largest absolute Gasteiger partial charge is 0.350 e. The Kier molecular flexibility index (Phi) is 5.96. The molecule has 2 aromatic carbocycles. The fraction of sp³-hybridized carbons (Fsp3) is 0.250. The van der Waals surface area contributed by atoms with Crippen LogP contribution in [-0.2, 0) is 11.2 Å². The van der Waals surface area contributed by atoms with Gasteiger partial charge in [-0.05, 0) is 43.9 Å². The summed E-state index contributed by atoms with van der Waals surface area (Å²) in [7, 11) is 0. The van der Waals surface area contributed by atoms with Crippen LogP contribution in [-0.4, -0.2) is 11.9 Å². The summed E-state index contributed by atoms with van der Waals surface area (Å²) < 4.78 is 0. The second-order valence-corrected chi connectivity index (χ2v) is 5.64. The summed E-state index contributed by atoms with van der Waals surface area (Å²) in [6.07, 6.45) is 3.83. The van der Waals surface area contributed by atoms with Gasteiger partial charge in [-0.3, -0.25) is 4.79 Å². The number of nitrogens with one attached hydrogen (secondary N) is 1. The zero-order valence-corrected chi connectivity index (χ0v) is 13.3. The van der Waals surface area contributed by atoms with E-state index >= 15 is 0 Å². The molecular weight excluding hydrogens is 270 g/mol. The molecule has 0 unspecified atom stereocenters. The summed E-state index contributed by atoms with van der Waals surface area (Å²) in [4.78, 5) is 12.2. The van der Waals surface area contributed by atoms with Crippen molar-refractivity contribution in [3.63, 3.8) is 0 Å². The second-order valence-electron chi connectivity index (χ2n) is 5.64. The van der Waals surface area contributed by atoms with E-state index in [2.05, 4.69) is 24.4 Å². The van der Waals surface area contributed by atoms with E-state index in [-0.39, 0.29) is 11.9 Å². The molecule has 114 valence electrons. The molecule has 2 aromatic rings. The zero-order valence-electron chi connectivity index (χ0n) is 13.3. The fourth-order valence-electron chi connectivity index (χ4n) is 2.30. The van der Waals surface area contributed by atoms with Gasteiger partial charge < -0.3 is 5.32 Å². The minimum Gasteiger partial charge on any atom is -0.350 e. The molecule has 0 aliphatic heterocycles. The van der Waals surface area contributed by atoms with Crippen LogP contribution >= 0.6 is 0 Å². The van der Waals surface area contributed by atoms with Crippen molar-refractivity contribution >= 4 is 12.0 Å². The molecule has 2 heteroatoms. The summed E-state index contributed by atoms with van der Waals surface area (Å²) in [5.74, 6) is 0.00409. The highest BCUT2D eigenvalue weighted by atomic mass is 16.1. The Hall–Kier alpha value is -2.35. The van der Waals surface area contributed by atoms with Gasteiger partial charge in [0.2, 0.25) is 5.91 Å². The van der Waals surface area contributed by atoms with Crippen molar-refractivity contribution in [1.29, 1.82) is 0 Å². The molecule has 1 amide bonds. The van der Waals surface area contributed by atoms with Crippen molar-refractivity contribution in [1.82, 2.24) is 5.32 Å². The van der Waals surface area contributed by atoms with Crippen molar-refractivity contribution in [2.45, 2.75) is 32.7 Å². The third kappa shape index (κ3) is 5.21. The summed E-state index contributed by atoms with van der Waals surface area (Å²) in [6, 6.07) is 20.4. The highest BCUT2D eigenvalue weighted by Gasteiger charge is 2.09. The molecule has 1 atom stereocenters. The topological polar surface area (TPSA) is 29.1 Å². The lowest BCUT2D eigenvalue weighted by Gasteiger charge is -2.14. The number of carbonyl (C=O) groups excluding carboxylic acids is 1. The van der Waals surface area contributed by atoms with Crippen LogP contribution in [0.2, 0.25) is 0 Å². The van der Waals surface area contributed by atoms with E-state index < -0.39 is 0 Å². The molecule has 0 bridgehead atoms. The Bertz CT molecular complexity index is 617. The number of aryl methyl sites for hydroxylation is 1. The van der Waals surface area contributed by atoms with Crippen molar-refractivity contribution < 1.29 is 4.79 Å². The number of amides is 1. The molecule has 1 N–H and O–H groups in total. The maximum Gasteiger partial charge on any atom is 0.247 e. The van der Waals surface area contributed by atoms with E-state index in [1.165, 1.54) is 5.56 Å². The predicted octanol–water partition coefficient (Wildman–Crippen LogP) is 4.23. The lowest BCUT2D eigenvalue weighted by molar-refractivity contribution is -0.118. The molecule has 0 saturated heterocycles. The van der Waals surface area contributed by atoms with Gasteiger partial charge in [0.05, 0.1) is 0 Å².